The van der Waals surface area contributed by atoms with E-state index in [1.165, 1.54) is 33.7 Å². The number of anilines is 4. The van der Waals surface area contributed by atoms with Crippen LogP contribution >= 0.6 is 0 Å². The van der Waals surface area contributed by atoms with Gasteiger partial charge in [-0.2, -0.15) is 52.0 Å². The summed E-state index contributed by atoms with van der Waals surface area (Å²) in [6.07, 6.45) is -3.70. The lowest BCUT2D eigenvalue weighted by Crippen LogP contribution is -2.36. The van der Waals surface area contributed by atoms with Gasteiger partial charge in [0.05, 0.1) is 9.82 Å². The zero-order chi connectivity index (χ0) is 42.5. The minimum absolute atomic E-state index is 0.182. The summed E-state index contributed by atoms with van der Waals surface area (Å²) in [4.78, 5) is 8.89. The minimum atomic E-state index is -5.80. The summed E-state index contributed by atoms with van der Waals surface area (Å²) in [6, 6.07) is 18.7. The summed E-state index contributed by atoms with van der Waals surface area (Å²) in [5, 5.41) is 8.44. The molecule has 0 unspecified atom stereocenters. The fourth-order valence-corrected chi connectivity index (χ4v) is 6.38. The lowest BCUT2D eigenvalue weighted by molar-refractivity contribution is -0.384. The zero-order valence-corrected chi connectivity index (χ0v) is 30.3. The maximum absolute atomic E-state index is 13.3. The van der Waals surface area contributed by atoms with Gasteiger partial charge in [0.15, 0.2) is 0 Å². The molecule has 306 valence electrons. The van der Waals surface area contributed by atoms with Crippen LogP contribution in [0.4, 0.5) is 72.3 Å². The molecule has 12 nitrogen and oxygen atoms in total. The average molecular weight is 869 g/mol. The molecule has 4 aromatic rings. The molecule has 25 heteroatoms. The van der Waals surface area contributed by atoms with Crippen molar-refractivity contribution >= 4 is 58.3 Å². The number of nitro groups is 1. The smallest absolute Gasteiger partial charge is 0.350 e. The number of alkyl halides is 10. The van der Waals surface area contributed by atoms with Crippen molar-refractivity contribution in [3.63, 3.8) is 0 Å². The molecule has 0 atom stereocenters. The van der Waals surface area contributed by atoms with Gasteiger partial charge < -0.3 is 5.32 Å². The van der Waals surface area contributed by atoms with Gasteiger partial charge in [-0.1, -0.05) is 42.0 Å². The Labute approximate surface area is 311 Å². The number of nitrogens with one attached hydrogen (secondary N) is 3. The molecule has 0 saturated heterocycles. The summed E-state index contributed by atoms with van der Waals surface area (Å²) in [5.41, 5.74) is -9.78. The third kappa shape index (κ3) is 11.2. The van der Waals surface area contributed by atoms with Gasteiger partial charge in [0.2, 0.25) is 9.84 Å². The fraction of sp³-hybridized carbons (Fsp3) is 0.226. The standard InChI is InChI=1S/C16H14F6N2O4S2.C15H12F4N2O4S/c17-15(18,19)29(25,26)23-13-7-3-11(4-8-13)1-2-12-5-9-14(10-6-12)24-30(27,28)16(20,21)22;1-9-2-4-10(5-3-9)20-12-7-6-11(8-13(12)21(22)23)26(24,25)15(18,19)14(16)17/h3-10,23-24H,1-2H2;2-8,14,20H,1H3. The molecule has 4 rings (SSSR count). The van der Waals surface area contributed by atoms with Gasteiger partial charge in [-0.15, -0.1) is 0 Å². The van der Waals surface area contributed by atoms with E-state index in [0.717, 1.165) is 35.9 Å². The van der Waals surface area contributed by atoms with Crippen LogP contribution in [0, 0.1) is 17.0 Å². The van der Waals surface area contributed by atoms with E-state index >= 15 is 0 Å². The van der Waals surface area contributed by atoms with Crippen LogP contribution in [-0.4, -0.2) is 52.9 Å². The number of sulfonamides is 2. The average Bonchev–Trinajstić information content (AvgIpc) is 3.08. The van der Waals surface area contributed by atoms with Gasteiger partial charge in [0.1, 0.15) is 5.69 Å². The first kappa shape index (κ1) is 45.2. The predicted molar refractivity (Wildman–Crippen MR) is 183 cm³/mol. The highest BCUT2D eigenvalue weighted by atomic mass is 32.2. The van der Waals surface area contributed by atoms with Gasteiger partial charge in [-0.3, -0.25) is 19.6 Å². The minimum Gasteiger partial charge on any atom is -0.350 e. The van der Waals surface area contributed by atoms with Crippen molar-refractivity contribution in [3.05, 3.63) is 118 Å². The molecule has 0 fully saturated rings. The van der Waals surface area contributed by atoms with E-state index in [1.54, 1.807) is 24.3 Å². The summed E-state index contributed by atoms with van der Waals surface area (Å²) in [5.74, 6) is 0. The van der Waals surface area contributed by atoms with E-state index in [-0.39, 0.29) is 17.1 Å². The predicted octanol–water partition coefficient (Wildman–Crippen LogP) is 8.27. The number of hydrogen-bond donors (Lipinski definition) is 3. The Morgan fingerprint density at radius 3 is 1.38 bits per heavy atom. The first-order chi connectivity index (χ1) is 25.6. The largest absolute Gasteiger partial charge is 0.516 e. The molecule has 0 aliphatic carbocycles. The third-order valence-electron chi connectivity index (χ3n) is 7.14. The van der Waals surface area contributed by atoms with Crippen molar-refractivity contribution in [1.29, 1.82) is 0 Å². The molecule has 0 saturated carbocycles. The monoisotopic (exact) mass is 868 g/mol. The summed E-state index contributed by atoms with van der Waals surface area (Å²) in [7, 11) is -16.8. The van der Waals surface area contributed by atoms with E-state index in [2.05, 4.69) is 5.32 Å². The molecule has 0 aliphatic rings. The Kier molecular flexibility index (Phi) is 13.7. The second-order valence-corrected chi connectivity index (χ2v) is 16.7. The molecule has 3 N–H and O–H groups in total. The zero-order valence-electron chi connectivity index (χ0n) is 27.9. The van der Waals surface area contributed by atoms with E-state index in [9.17, 15) is 79.3 Å². The molecular formula is C31H26F10N4O8S3. The lowest BCUT2D eigenvalue weighted by atomic mass is 10.0. The van der Waals surface area contributed by atoms with E-state index in [0.29, 0.717) is 41.8 Å². The Hall–Kier alpha value is -5.17. The number of sulfone groups is 1. The van der Waals surface area contributed by atoms with Crippen LogP contribution < -0.4 is 14.8 Å². The van der Waals surface area contributed by atoms with E-state index in [4.69, 9.17) is 0 Å². The molecule has 56 heavy (non-hydrogen) atoms. The maximum Gasteiger partial charge on any atom is 0.516 e. The number of nitro benzene ring substituents is 1. The number of aryl methyl sites for hydroxylation is 3. The van der Waals surface area contributed by atoms with Crippen LogP contribution in [0.25, 0.3) is 0 Å². The van der Waals surface area contributed by atoms with Gasteiger partial charge in [0.25, 0.3) is 5.69 Å². The summed E-state index contributed by atoms with van der Waals surface area (Å²) >= 11 is 0. The molecule has 4 aromatic carbocycles. The Bertz CT molecular complexity index is 2250. The van der Waals surface area contributed by atoms with Gasteiger partial charge >= 0.3 is 42.7 Å². The Morgan fingerprint density at radius 2 is 1.02 bits per heavy atom. The van der Waals surface area contributed by atoms with Crippen molar-refractivity contribution in [2.24, 2.45) is 0 Å². The molecule has 0 bridgehead atoms. The molecule has 0 heterocycles. The van der Waals surface area contributed by atoms with Crippen LogP contribution in [0.5, 0.6) is 0 Å². The van der Waals surface area contributed by atoms with Crippen LogP contribution in [0.1, 0.15) is 16.7 Å². The molecule has 0 aromatic heterocycles. The Balaban J connectivity index is 0.000000303. The number of halogens is 10. The third-order valence-corrected chi connectivity index (χ3v) is 11.1. The van der Waals surface area contributed by atoms with Crippen LogP contribution in [-0.2, 0) is 42.7 Å². The number of rotatable bonds is 13. The highest BCUT2D eigenvalue weighted by Gasteiger charge is 2.55. The van der Waals surface area contributed by atoms with Gasteiger partial charge in [-0.25, -0.2) is 17.2 Å². The fourth-order valence-electron chi connectivity index (χ4n) is 4.20. The van der Waals surface area contributed by atoms with E-state index in [1.807, 2.05) is 6.92 Å². The first-order valence-corrected chi connectivity index (χ1v) is 19.4. The second kappa shape index (κ2) is 16.9. The molecule has 0 spiro atoms. The molecule has 0 aliphatic heterocycles. The molecule has 0 amide bonds. The topological polar surface area (TPSA) is 182 Å². The normalized spacial score (nSPS) is 12.7. The molecule has 0 radical (unpaired) electrons. The van der Waals surface area contributed by atoms with Crippen molar-refractivity contribution in [2.45, 2.75) is 47.4 Å². The van der Waals surface area contributed by atoms with E-state index < -0.39 is 68.1 Å². The van der Waals surface area contributed by atoms with Crippen molar-refractivity contribution < 1.29 is 74.1 Å². The van der Waals surface area contributed by atoms with Crippen LogP contribution in [0.3, 0.4) is 0 Å². The van der Waals surface area contributed by atoms with Crippen LogP contribution in [0.2, 0.25) is 0 Å². The quantitative estimate of drug-likeness (QED) is 0.0677. The maximum atomic E-state index is 13.3. The van der Waals surface area contributed by atoms with Crippen LogP contribution in [0.15, 0.2) is 95.9 Å². The van der Waals surface area contributed by atoms with Gasteiger partial charge in [0, 0.05) is 23.1 Å². The van der Waals surface area contributed by atoms with Crippen molar-refractivity contribution in [3.8, 4) is 0 Å². The lowest BCUT2D eigenvalue weighted by Gasteiger charge is -2.16. The number of hydrogen-bond acceptors (Lipinski definition) is 9. The second-order valence-electron chi connectivity index (χ2n) is 11.3. The highest BCUT2D eigenvalue weighted by molar-refractivity contribution is 7.94. The highest BCUT2D eigenvalue weighted by Crippen LogP contribution is 2.38. The van der Waals surface area contributed by atoms with Crippen molar-refractivity contribution in [1.82, 2.24) is 0 Å². The summed E-state index contributed by atoms with van der Waals surface area (Å²) in [6.45, 7) is 1.81. The first-order valence-electron chi connectivity index (χ1n) is 15.0. The Morgan fingerprint density at radius 1 is 0.625 bits per heavy atom. The molecular weight excluding hydrogens is 843 g/mol. The van der Waals surface area contributed by atoms with Gasteiger partial charge in [-0.05, 0) is 79.4 Å². The summed E-state index contributed by atoms with van der Waals surface area (Å²) < 4.78 is 196. The van der Waals surface area contributed by atoms with Crippen molar-refractivity contribution in [2.75, 3.05) is 14.8 Å². The SMILES string of the molecule is Cc1ccc(Nc2ccc(S(=O)(=O)C(F)(F)C(F)F)cc2[N+](=O)[O-])cc1.O=S(=O)(Nc1ccc(CCc2ccc(NS(=O)(=O)C(F)(F)F)cc2)cc1)C(F)(F)F. The number of benzene rings is 4. The number of nitrogens with zero attached hydrogens (tertiary/aromatic N) is 1.